The molecule has 0 heterocycles. The third-order valence-corrected chi connectivity index (χ3v) is 4.18. The van der Waals surface area contributed by atoms with Gasteiger partial charge in [-0.3, -0.25) is 4.79 Å². The molecule has 1 amide bonds. The highest BCUT2D eigenvalue weighted by molar-refractivity contribution is 9.10. The maximum absolute atomic E-state index is 13.3. The summed E-state index contributed by atoms with van der Waals surface area (Å²) in [6.07, 6.45) is 0. The number of halogens is 4. The van der Waals surface area contributed by atoms with Crippen LogP contribution >= 0.6 is 15.9 Å². The van der Waals surface area contributed by atoms with E-state index in [1.165, 1.54) is 30.1 Å². The number of carbonyl (C=O) groups excluding carboxylic acids is 1. The van der Waals surface area contributed by atoms with Crippen LogP contribution in [0.2, 0.25) is 0 Å². The summed E-state index contributed by atoms with van der Waals surface area (Å²) >= 11 is 3.20. The van der Waals surface area contributed by atoms with Crippen molar-refractivity contribution in [1.82, 2.24) is 4.90 Å². The fourth-order valence-electron chi connectivity index (χ4n) is 2.02. The SMILES string of the molecule is CC(c1ccc(F)c(F)c1)N(C)C(=O)c1cc(F)ccc1Br. The molecule has 0 saturated carbocycles. The lowest BCUT2D eigenvalue weighted by Gasteiger charge is -2.26. The van der Waals surface area contributed by atoms with E-state index in [4.69, 9.17) is 0 Å². The molecule has 0 aromatic heterocycles. The molecule has 6 heteroatoms. The van der Waals surface area contributed by atoms with Crippen LogP contribution in [0.3, 0.4) is 0 Å². The van der Waals surface area contributed by atoms with Gasteiger partial charge in [-0.1, -0.05) is 6.07 Å². The molecular formula is C16H13BrF3NO. The molecule has 1 unspecified atom stereocenters. The summed E-state index contributed by atoms with van der Waals surface area (Å²) in [4.78, 5) is 13.8. The normalized spacial score (nSPS) is 12.1. The first kappa shape index (κ1) is 16.5. The van der Waals surface area contributed by atoms with Gasteiger partial charge in [0, 0.05) is 11.5 Å². The highest BCUT2D eigenvalue weighted by atomic mass is 79.9. The molecule has 2 nitrogen and oxygen atoms in total. The van der Waals surface area contributed by atoms with E-state index in [0.29, 0.717) is 10.0 Å². The molecule has 0 aliphatic rings. The zero-order valence-electron chi connectivity index (χ0n) is 11.9. The summed E-state index contributed by atoms with van der Waals surface area (Å²) in [5.74, 6) is -2.88. The predicted octanol–water partition coefficient (Wildman–Crippen LogP) is 4.70. The molecule has 2 aromatic rings. The molecule has 0 saturated heterocycles. The summed E-state index contributed by atoms with van der Waals surface area (Å²) in [5.41, 5.74) is 0.610. The smallest absolute Gasteiger partial charge is 0.255 e. The minimum Gasteiger partial charge on any atom is -0.335 e. The van der Waals surface area contributed by atoms with Crippen LogP contribution in [-0.2, 0) is 0 Å². The lowest BCUT2D eigenvalue weighted by atomic mass is 10.1. The largest absolute Gasteiger partial charge is 0.335 e. The number of amides is 1. The van der Waals surface area contributed by atoms with Crippen molar-refractivity contribution in [2.24, 2.45) is 0 Å². The summed E-state index contributed by atoms with van der Waals surface area (Å²) < 4.78 is 40.1. The molecule has 2 aromatic carbocycles. The Balaban J connectivity index is 2.29. The maximum Gasteiger partial charge on any atom is 0.255 e. The topological polar surface area (TPSA) is 20.3 Å². The Bertz CT molecular complexity index is 721. The van der Waals surface area contributed by atoms with E-state index in [1.54, 1.807) is 6.92 Å². The molecule has 0 radical (unpaired) electrons. The predicted molar refractivity (Wildman–Crippen MR) is 81.0 cm³/mol. The van der Waals surface area contributed by atoms with Gasteiger partial charge in [-0.25, -0.2) is 13.2 Å². The van der Waals surface area contributed by atoms with E-state index in [2.05, 4.69) is 15.9 Å². The minimum atomic E-state index is -0.975. The Labute approximate surface area is 134 Å². The van der Waals surface area contributed by atoms with E-state index in [9.17, 15) is 18.0 Å². The van der Waals surface area contributed by atoms with Crippen LogP contribution in [-0.4, -0.2) is 17.9 Å². The van der Waals surface area contributed by atoms with Crippen molar-refractivity contribution in [3.05, 3.63) is 69.4 Å². The summed E-state index contributed by atoms with van der Waals surface area (Å²) in [6.45, 7) is 1.68. The third kappa shape index (κ3) is 3.32. The molecular weight excluding hydrogens is 359 g/mol. The van der Waals surface area contributed by atoms with Gasteiger partial charge in [-0.05, 0) is 58.7 Å². The molecule has 0 aliphatic carbocycles. The van der Waals surface area contributed by atoms with Gasteiger partial charge >= 0.3 is 0 Å². The molecule has 0 N–H and O–H groups in total. The van der Waals surface area contributed by atoms with E-state index >= 15 is 0 Å². The molecule has 1 atom stereocenters. The van der Waals surface area contributed by atoms with Crippen molar-refractivity contribution in [2.45, 2.75) is 13.0 Å². The molecule has 2 rings (SSSR count). The standard InChI is InChI=1S/C16H13BrF3NO/c1-9(10-3-6-14(19)15(20)7-10)21(2)16(22)12-8-11(18)4-5-13(12)17/h3-9H,1-2H3. The number of rotatable bonds is 3. The van der Waals surface area contributed by atoms with Crippen LogP contribution in [0.5, 0.6) is 0 Å². The average Bonchev–Trinajstić information content (AvgIpc) is 2.50. The fourth-order valence-corrected chi connectivity index (χ4v) is 2.44. The van der Waals surface area contributed by atoms with Crippen LogP contribution < -0.4 is 0 Å². The monoisotopic (exact) mass is 371 g/mol. The van der Waals surface area contributed by atoms with Crippen molar-refractivity contribution in [3.63, 3.8) is 0 Å². The Morgan fingerprint density at radius 3 is 2.41 bits per heavy atom. The maximum atomic E-state index is 13.3. The summed E-state index contributed by atoms with van der Waals surface area (Å²) in [5, 5.41) is 0. The summed E-state index contributed by atoms with van der Waals surface area (Å²) in [6, 6.07) is 6.77. The van der Waals surface area contributed by atoms with E-state index in [1.807, 2.05) is 0 Å². The van der Waals surface area contributed by atoms with Gasteiger partial charge in [0.25, 0.3) is 5.91 Å². The van der Waals surface area contributed by atoms with Gasteiger partial charge in [0.15, 0.2) is 11.6 Å². The van der Waals surface area contributed by atoms with Crippen molar-refractivity contribution in [3.8, 4) is 0 Å². The second kappa shape index (κ2) is 6.52. The number of carbonyl (C=O) groups is 1. The Hall–Kier alpha value is -1.82. The van der Waals surface area contributed by atoms with Gasteiger partial charge in [0.2, 0.25) is 0 Å². The lowest BCUT2D eigenvalue weighted by Crippen LogP contribution is -2.30. The van der Waals surface area contributed by atoms with E-state index < -0.39 is 29.4 Å². The first-order valence-corrected chi connectivity index (χ1v) is 7.27. The first-order chi connectivity index (χ1) is 10.3. The quantitative estimate of drug-likeness (QED) is 0.765. The highest BCUT2D eigenvalue weighted by Gasteiger charge is 2.22. The zero-order valence-corrected chi connectivity index (χ0v) is 13.5. The van der Waals surface area contributed by atoms with E-state index in [0.717, 1.165) is 18.2 Å². The number of hydrogen-bond donors (Lipinski definition) is 0. The van der Waals surface area contributed by atoms with Gasteiger partial charge in [-0.15, -0.1) is 0 Å². The molecule has 0 fully saturated rings. The zero-order chi connectivity index (χ0) is 16.4. The van der Waals surface area contributed by atoms with Crippen LogP contribution in [0.1, 0.15) is 28.9 Å². The Morgan fingerprint density at radius 2 is 1.77 bits per heavy atom. The Kier molecular flexibility index (Phi) is 4.90. The second-order valence-corrected chi connectivity index (χ2v) is 5.74. The first-order valence-electron chi connectivity index (χ1n) is 6.48. The van der Waals surface area contributed by atoms with Crippen LogP contribution in [0, 0.1) is 17.5 Å². The molecule has 0 bridgehead atoms. The van der Waals surface area contributed by atoms with Gasteiger partial charge in [-0.2, -0.15) is 0 Å². The number of nitrogens with zero attached hydrogens (tertiary/aromatic N) is 1. The Morgan fingerprint density at radius 1 is 1.09 bits per heavy atom. The van der Waals surface area contributed by atoms with Crippen molar-refractivity contribution in [1.29, 1.82) is 0 Å². The van der Waals surface area contributed by atoms with Crippen LogP contribution in [0.15, 0.2) is 40.9 Å². The summed E-state index contributed by atoms with van der Waals surface area (Å²) in [7, 11) is 1.52. The number of hydrogen-bond acceptors (Lipinski definition) is 1. The van der Waals surface area contributed by atoms with E-state index in [-0.39, 0.29) is 5.56 Å². The highest BCUT2D eigenvalue weighted by Crippen LogP contribution is 2.25. The average molecular weight is 372 g/mol. The van der Waals surface area contributed by atoms with Crippen molar-refractivity contribution < 1.29 is 18.0 Å². The van der Waals surface area contributed by atoms with Crippen LogP contribution in [0.4, 0.5) is 13.2 Å². The van der Waals surface area contributed by atoms with Gasteiger partial charge < -0.3 is 4.90 Å². The molecule has 0 aliphatic heterocycles. The molecule has 0 spiro atoms. The van der Waals surface area contributed by atoms with Crippen molar-refractivity contribution >= 4 is 21.8 Å². The molecule has 116 valence electrons. The lowest BCUT2D eigenvalue weighted by molar-refractivity contribution is 0.0741. The minimum absolute atomic E-state index is 0.164. The van der Waals surface area contributed by atoms with Gasteiger partial charge in [0.1, 0.15) is 5.82 Å². The third-order valence-electron chi connectivity index (χ3n) is 3.49. The van der Waals surface area contributed by atoms with Gasteiger partial charge in [0.05, 0.1) is 11.6 Å². The fraction of sp³-hybridized carbons (Fsp3) is 0.188. The van der Waals surface area contributed by atoms with Crippen LogP contribution in [0.25, 0.3) is 0 Å². The number of benzene rings is 2. The second-order valence-electron chi connectivity index (χ2n) is 4.89. The molecule has 22 heavy (non-hydrogen) atoms. The van der Waals surface area contributed by atoms with Crippen molar-refractivity contribution in [2.75, 3.05) is 7.05 Å².